The number of pyridine rings is 1. The zero-order valence-corrected chi connectivity index (χ0v) is 15.0. The van der Waals surface area contributed by atoms with E-state index in [2.05, 4.69) is 20.7 Å². The average Bonchev–Trinajstić information content (AvgIpc) is 3.29. The fourth-order valence-electron chi connectivity index (χ4n) is 3.51. The Labute approximate surface area is 152 Å². The van der Waals surface area contributed by atoms with E-state index in [1.807, 2.05) is 48.1 Å². The lowest BCUT2D eigenvalue weighted by atomic mass is 9.97. The monoisotopic (exact) mass is 352 g/mol. The quantitative estimate of drug-likeness (QED) is 0.732. The van der Waals surface area contributed by atoms with Crippen LogP contribution in [0.3, 0.4) is 0 Å². The number of aryl methyl sites for hydroxylation is 1. The highest BCUT2D eigenvalue weighted by molar-refractivity contribution is 5.75. The molecular weight excluding hydrogens is 328 g/mol. The van der Waals surface area contributed by atoms with Crippen molar-refractivity contribution in [3.05, 3.63) is 53.7 Å². The maximum atomic E-state index is 12.3. The molecule has 4 rings (SSSR count). The van der Waals surface area contributed by atoms with Crippen molar-refractivity contribution in [2.24, 2.45) is 0 Å². The van der Waals surface area contributed by atoms with E-state index in [9.17, 15) is 4.79 Å². The Morgan fingerprint density at radius 3 is 3.15 bits per heavy atom. The largest absolute Gasteiger partial charge is 0.349 e. The fourth-order valence-corrected chi connectivity index (χ4v) is 3.51. The number of nitrogens with zero attached hydrogens (tertiary/aromatic N) is 4. The maximum absolute atomic E-state index is 12.3. The van der Waals surface area contributed by atoms with Crippen LogP contribution in [0, 0.1) is 6.92 Å². The predicted octanol–water partition coefficient (Wildman–Crippen LogP) is 1.62. The van der Waals surface area contributed by atoms with Crippen LogP contribution in [0.1, 0.15) is 35.7 Å². The average molecular weight is 352 g/mol. The Morgan fingerprint density at radius 2 is 2.31 bits per heavy atom. The highest BCUT2D eigenvalue weighted by Gasteiger charge is 2.18. The molecule has 1 aliphatic heterocycles. The molecule has 0 bridgehead atoms. The van der Waals surface area contributed by atoms with Gasteiger partial charge in [-0.1, -0.05) is 6.07 Å². The van der Waals surface area contributed by atoms with Crippen molar-refractivity contribution in [3.8, 4) is 0 Å². The van der Waals surface area contributed by atoms with Crippen molar-refractivity contribution in [2.45, 2.75) is 38.8 Å². The van der Waals surface area contributed by atoms with Gasteiger partial charge in [0.2, 0.25) is 5.91 Å². The van der Waals surface area contributed by atoms with Gasteiger partial charge >= 0.3 is 0 Å². The third-order valence-electron chi connectivity index (χ3n) is 4.96. The lowest BCUT2D eigenvalue weighted by Gasteiger charge is -2.20. The molecule has 0 aliphatic carbocycles. The van der Waals surface area contributed by atoms with E-state index >= 15 is 0 Å². The zero-order chi connectivity index (χ0) is 17.9. The van der Waals surface area contributed by atoms with Gasteiger partial charge in [0.15, 0.2) is 0 Å². The summed E-state index contributed by atoms with van der Waals surface area (Å²) in [4.78, 5) is 16.7. The third kappa shape index (κ3) is 3.48. The summed E-state index contributed by atoms with van der Waals surface area (Å²) in [6, 6.07) is 6.04. The predicted molar refractivity (Wildman–Crippen MR) is 98.8 cm³/mol. The molecule has 0 saturated carbocycles. The van der Waals surface area contributed by atoms with Crippen molar-refractivity contribution in [3.63, 3.8) is 0 Å². The Bertz CT molecular complexity index is 906. The van der Waals surface area contributed by atoms with E-state index in [0.29, 0.717) is 12.5 Å². The fraction of sp³-hybridized carbons (Fsp3) is 0.421. The molecule has 7 heteroatoms. The number of piperidine rings is 1. The van der Waals surface area contributed by atoms with Crippen LogP contribution < -0.4 is 10.6 Å². The van der Waals surface area contributed by atoms with E-state index in [1.54, 1.807) is 4.68 Å². The second-order valence-electron chi connectivity index (χ2n) is 6.89. The van der Waals surface area contributed by atoms with Crippen molar-refractivity contribution in [1.82, 2.24) is 29.8 Å². The summed E-state index contributed by atoms with van der Waals surface area (Å²) in [5, 5.41) is 10.9. The van der Waals surface area contributed by atoms with E-state index in [0.717, 1.165) is 42.1 Å². The Kier molecular flexibility index (Phi) is 4.71. The first-order valence-corrected chi connectivity index (χ1v) is 9.13. The molecule has 1 saturated heterocycles. The smallest absolute Gasteiger partial charge is 0.242 e. The van der Waals surface area contributed by atoms with E-state index in [-0.39, 0.29) is 12.5 Å². The SMILES string of the molecule is Cc1cccn2c(CNC(=O)Cn3ccc([C@H]4CCCNC4)n3)cnc12. The molecule has 1 fully saturated rings. The van der Waals surface area contributed by atoms with Crippen LogP contribution in [0.15, 0.2) is 36.8 Å². The van der Waals surface area contributed by atoms with Crippen molar-refractivity contribution in [2.75, 3.05) is 13.1 Å². The van der Waals surface area contributed by atoms with Crippen LogP contribution >= 0.6 is 0 Å². The summed E-state index contributed by atoms with van der Waals surface area (Å²) in [5.41, 5.74) is 4.08. The number of carbonyl (C=O) groups is 1. The van der Waals surface area contributed by atoms with Gasteiger partial charge in [0.05, 0.1) is 24.1 Å². The van der Waals surface area contributed by atoms with Gasteiger partial charge < -0.3 is 15.0 Å². The van der Waals surface area contributed by atoms with E-state index in [4.69, 9.17) is 0 Å². The molecule has 7 nitrogen and oxygen atoms in total. The second-order valence-corrected chi connectivity index (χ2v) is 6.89. The van der Waals surface area contributed by atoms with Crippen LogP contribution in [0.2, 0.25) is 0 Å². The van der Waals surface area contributed by atoms with Crippen LogP contribution in [-0.2, 0) is 17.9 Å². The van der Waals surface area contributed by atoms with Gasteiger partial charge in [0, 0.05) is 24.9 Å². The second kappa shape index (κ2) is 7.29. The summed E-state index contributed by atoms with van der Waals surface area (Å²) in [7, 11) is 0. The summed E-state index contributed by atoms with van der Waals surface area (Å²) in [6.07, 6.45) is 8.00. The lowest BCUT2D eigenvalue weighted by molar-refractivity contribution is -0.122. The van der Waals surface area contributed by atoms with Gasteiger partial charge in [0.1, 0.15) is 12.2 Å². The molecule has 0 spiro atoms. The Hall–Kier alpha value is -2.67. The highest BCUT2D eigenvalue weighted by Crippen LogP contribution is 2.21. The minimum Gasteiger partial charge on any atom is -0.349 e. The normalized spacial score (nSPS) is 17.5. The van der Waals surface area contributed by atoms with E-state index < -0.39 is 0 Å². The molecule has 3 aromatic heterocycles. The maximum Gasteiger partial charge on any atom is 0.242 e. The first-order chi connectivity index (χ1) is 12.7. The molecule has 0 aromatic carbocycles. The zero-order valence-electron chi connectivity index (χ0n) is 15.0. The molecule has 0 unspecified atom stereocenters. The van der Waals surface area contributed by atoms with Crippen LogP contribution in [-0.4, -0.2) is 38.2 Å². The Morgan fingerprint density at radius 1 is 1.38 bits per heavy atom. The van der Waals surface area contributed by atoms with Gasteiger partial charge in [-0.25, -0.2) is 4.98 Å². The summed E-state index contributed by atoms with van der Waals surface area (Å²) in [5.74, 6) is 0.401. The molecule has 1 atom stereocenters. The molecule has 1 aliphatic rings. The lowest BCUT2D eigenvalue weighted by Crippen LogP contribution is -2.29. The number of hydrogen-bond acceptors (Lipinski definition) is 4. The minimum absolute atomic E-state index is 0.0518. The molecule has 0 radical (unpaired) electrons. The van der Waals surface area contributed by atoms with Gasteiger partial charge in [-0.05, 0) is 44.0 Å². The number of aromatic nitrogens is 4. The first kappa shape index (κ1) is 16.8. The standard InChI is InChI=1S/C19H24N6O/c1-14-4-3-8-25-16(12-22-19(14)25)11-21-18(26)13-24-9-6-17(23-24)15-5-2-7-20-10-15/h3-4,6,8-9,12,15,20H,2,5,7,10-11,13H2,1H3,(H,21,26)/t15-/m0/s1. The van der Waals surface area contributed by atoms with Gasteiger partial charge in [-0.3, -0.25) is 9.48 Å². The summed E-state index contributed by atoms with van der Waals surface area (Å²) >= 11 is 0. The molecule has 4 heterocycles. The topological polar surface area (TPSA) is 76.2 Å². The van der Waals surface area contributed by atoms with Crippen molar-refractivity contribution < 1.29 is 4.79 Å². The van der Waals surface area contributed by atoms with Crippen LogP contribution in [0.25, 0.3) is 5.65 Å². The van der Waals surface area contributed by atoms with Crippen molar-refractivity contribution >= 4 is 11.6 Å². The van der Waals surface area contributed by atoms with Gasteiger partial charge in [-0.15, -0.1) is 0 Å². The van der Waals surface area contributed by atoms with Crippen LogP contribution in [0.4, 0.5) is 0 Å². The Balaban J connectivity index is 1.35. The molecule has 136 valence electrons. The number of imidazole rings is 1. The van der Waals surface area contributed by atoms with Crippen LogP contribution in [0.5, 0.6) is 0 Å². The summed E-state index contributed by atoms with van der Waals surface area (Å²) in [6.45, 7) is 4.77. The number of fused-ring (bicyclic) bond motifs is 1. The number of rotatable bonds is 5. The minimum atomic E-state index is -0.0518. The molecule has 1 amide bonds. The van der Waals surface area contributed by atoms with Gasteiger partial charge in [0.25, 0.3) is 0 Å². The molecule has 26 heavy (non-hydrogen) atoms. The highest BCUT2D eigenvalue weighted by atomic mass is 16.2. The number of carbonyl (C=O) groups excluding carboxylic acids is 1. The number of amides is 1. The van der Waals surface area contributed by atoms with Crippen molar-refractivity contribution in [1.29, 1.82) is 0 Å². The summed E-state index contributed by atoms with van der Waals surface area (Å²) < 4.78 is 3.73. The third-order valence-corrected chi connectivity index (χ3v) is 4.96. The number of nitrogens with one attached hydrogen (secondary N) is 2. The number of hydrogen-bond donors (Lipinski definition) is 2. The first-order valence-electron chi connectivity index (χ1n) is 9.13. The molecular formula is C19H24N6O. The van der Waals surface area contributed by atoms with E-state index in [1.165, 1.54) is 6.42 Å². The molecule has 2 N–H and O–H groups in total. The van der Waals surface area contributed by atoms with Gasteiger partial charge in [-0.2, -0.15) is 5.10 Å². The molecule has 3 aromatic rings.